The van der Waals surface area contributed by atoms with E-state index in [1.807, 2.05) is 110 Å². The summed E-state index contributed by atoms with van der Waals surface area (Å²) in [4.78, 5) is 65.0. The molecule has 1 saturated carbocycles. The number of nitrogens with one attached hydrogen (secondary N) is 2. The summed E-state index contributed by atoms with van der Waals surface area (Å²) in [7, 11) is 1.88. The lowest BCUT2D eigenvalue weighted by atomic mass is 9.84. The maximum Gasteiger partial charge on any atom is 0.355 e. The molecule has 73 heavy (non-hydrogen) atoms. The van der Waals surface area contributed by atoms with E-state index in [4.69, 9.17) is 19.6 Å². The van der Waals surface area contributed by atoms with Crippen LogP contribution in [0.2, 0.25) is 0 Å². The van der Waals surface area contributed by atoms with E-state index in [0.717, 1.165) is 119 Å². The van der Waals surface area contributed by atoms with Crippen molar-refractivity contribution >= 4 is 67.1 Å². The smallest absolute Gasteiger partial charge is 0.355 e. The average Bonchev–Trinajstić information content (AvgIpc) is 3.97. The van der Waals surface area contributed by atoms with Crippen LogP contribution in [0, 0.1) is 12.8 Å². The van der Waals surface area contributed by atoms with E-state index < -0.39 is 11.9 Å². The van der Waals surface area contributed by atoms with E-state index in [0.29, 0.717) is 66.0 Å². The van der Waals surface area contributed by atoms with Gasteiger partial charge in [-0.1, -0.05) is 59.9 Å². The second kappa shape index (κ2) is 20.7. The number of aromatic nitrogens is 4. The number of carbonyl (C=O) groups excluding carboxylic acids is 3. The minimum absolute atomic E-state index is 0.0225. The van der Waals surface area contributed by atoms with Crippen LogP contribution in [0.1, 0.15) is 113 Å². The Hall–Kier alpha value is -7.17. The first-order chi connectivity index (χ1) is 35.5. The number of ether oxygens (including phenoxy) is 2. The molecular weight excluding hydrogens is 941 g/mol. The van der Waals surface area contributed by atoms with E-state index in [1.165, 1.54) is 17.8 Å². The lowest BCUT2D eigenvalue weighted by molar-refractivity contribution is -0.134. The molecule has 0 radical (unpaired) electrons. The summed E-state index contributed by atoms with van der Waals surface area (Å²) in [5.41, 5.74) is 7.15. The maximum atomic E-state index is 13.7. The molecule has 16 heteroatoms. The van der Waals surface area contributed by atoms with Gasteiger partial charge in [-0.2, -0.15) is 5.10 Å². The van der Waals surface area contributed by atoms with Gasteiger partial charge < -0.3 is 24.4 Å². The molecule has 3 N–H and O–H groups in total. The van der Waals surface area contributed by atoms with Crippen molar-refractivity contribution in [3.05, 3.63) is 125 Å². The molecule has 6 heterocycles. The second-order valence-electron chi connectivity index (χ2n) is 20.1. The fourth-order valence-corrected chi connectivity index (χ4v) is 12.4. The van der Waals surface area contributed by atoms with E-state index in [1.54, 1.807) is 4.68 Å². The van der Waals surface area contributed by atoms with E-state index in [9.17, 15) is 24.3 Å². The number of nitrogens with zero attached hydrogens (tertiary/aromatic N) is 6. The van der Waals surface area contributed by atoms with Crippen molar-refractivity contribution in [1.29, 1.82) is 0 Å². The summed E-state index contributed by atoms with van der Waals surface area (Å²) in [6, 6.07) is 29.1. The number of imide groups is 1. The highest BCUT2D eigenvalue weighted by Crippen LogP contribution is 2.39. The quantitative estimate of drug-likeness (QED) is 0.0879. The van der Waals surface area contributed by atoms with Crippen molar-refractivity contribution in [3.63, 3.8) is 0 Å². The summed E-state index contributed by atoms with van der Waals surface area (Å²) in [6.07, 6.45) is 10.1. The van der Waals surface area contributed by atoms with Crippen LogP contribution >= 0.6 is 11.3 Å². The van der Waals surface area contributed by atoms with Gasteiger partial charge in [0.05, 0.1) is 27.9 Å². The minimum Gasteiger partial charge on any atom is -0.490 e. The number of thiazole rings is 1. The standard InChI is InChI=1S/C57H60N8O7S/c1-34-39(40-22-24-49(59-52(40)56(69)70)65-32-26-36-10-5-12-41(44(36)33-65)54(67)61-57-58-45-14-3-4-17-48(45)73-57)11-6-15-46(34)71-37-20-18-35(19-21-37)9-8-29-64-30-27-38(28-31-64)72-47-16-7-13-42-51(62-63(2)53(42)47)43-23-25-50(66)60-55(43)68/h3-7,10-17,22,24,35,37-38,43H,8-9,18-21,23,25-33H2,1-2H3,(H,69,70)(H,58,61,67)(H,60,66,68)/t35-,37-,43?. The monoisotopic (exact) mass is 1000 g/mol. The van der Waals surface area contributed by atoms with Crippen molar-refractivity contribution in [2.24, 2.45) is 13.0 Å². The highest BCUT2D eigenvalue weighted by atomic mass is 32.1. The summed E-state index contributed by atoms with van der Waals surface area (Å²) in [5, 5.41) is 22.2. The third kappa shape index (κ3) is 10.1. The van der Waals surface area contributed by atoms with Gasteiger partial charge in [0.25, 0.3) is 5.91 Å². The molecule has 4 aliphatic rings. The van der Waals surface area contributed by atoms with Crippen LogP contribution in [0.5, 0.6) is 11.5 Å². The molecule has 0 spiro atoms. The number of fused-ring (bicyclic) bond motifs is 3. The number of anilines is 2. The van der Waals surface area contributed by atoms with Gasteiger partial charge >= 0.3 is 5.97 Å². The molecule has 7 aromatic rings. The molecule has 376 valence electrons. The average molecular weight is 1000 g/mol. The molecule has 1 unspecified atom stereocenters. The van der Waals surface area contributed by atoms with E-state index in [2.05, 4.69) is 20.5 Å². The fraction of sp³-hybridized carbons (Fsp3) is 0.386. The summed E-state index contributed by atoms with van der Waals surface area (Å²) >= 11 is 1.44. The fourth-order valence-electron chi connectivity index (χ4n) is 11.5. The molecule has 2 saturated heterocycles. The van der Waals surface area contributed by atoms with Gasteiger partial charge in [-0.05, 0) is 148 Å². The number of piperidine rings is 2. The number of pyridine rings is 1. The zero-order chi connectivity index (χ0) is 50.2. The largest absolute Gasteiger partial charge is 0.490 e. The number of carbonyl (C=O) groups is 4. The number of rotatable bonds is 14. The number of aromatic carboxylic acids is 1. The third-order valence-corrected chi connectivity index (χ3v) is 16.4. The topological polar surface area (TPSA) is 181 Å². The van der Waals surface area contributed by atoms with Gasteiger partial charge in [0.2, 0.25) is 11.8 Å². The van der Waals surface area contributed by atoms with Crippen LogP contribution in [0.25, 0.3) is 32.2 Å². The van der Waals surface area contributed by atoms with E-state index in [-0.39, 0.29) is 35.6 Å². The van der Waals surface area contributed by atoms with Crippen molar-refractivity contribution in [3.8, 4) is 22.6 Å². The number of hydrogen-bond acceptors (Lipinski definition) is 12. The highest BCUT2D eigenvalue weighted by molar-refractivity contribution is 7.22. The molecule has 15 nitrogen and oxygen atoms in total. The molecule has 3 aromatic heterocycles. The van der Waals surface area contributed by atoms with Gasteiger partial charge in [0.15, 0.2) is 10.8 Å². The normalized spacial score (nSPS) is 19.7. The zero-order valence-electron chi connectivity index (χ0n) is 41.3. The van der Waals surface area contributed by atoms with Crippen LogP contribution < -0.4 is 25.0 Å². The van der Waals surface area contributed by atoms with Crippen LogP contribution in [0.15, 0.2) is 91.0 Å². The second-order valence-corrected chi connectivity index (χ2v) is 21.1. The Morgan fingerprint density at radius 2 is 1.58 bits per heavy atom. The first-order valence-electron chi connectivity index (χ1n) is 25.7. The van der Waals surface area contributed by atoms with Crippen molar-refractivity contribution in [1.82, 2.24) is 30.0 Å². The Morgan fingerprint density at radius 3 is 2.38 bits per heavy atom. The Morgan fingerprint density at radius 1 is 0.808 bits per heavy atom. The number of benzene rings is 4. The first kappa shape index (κ1) is 48.1. The van der Waals surface area contributed by atoms with Crippen molar-refractivity contribution in [2.75, 3.05) is 36.4 Å². The number of hydrogen-bond donors (Lipinski definition) is 3. The Kier molecular flexibility index (Phi) is 13.7. The van der Waals surface area contributed by atoms with Crippen molar-refractivity contribution in [2.45, 2.75) is 102 Å². The number of para-hydroxylation sites is 2. The van der Waals surface area contributed by atoms with Gasteiger partial charge in [0, 0.05) is 56.2 Å². The van der Waals surface area contributed by atoms with Gasteiger partial charge in [-0.3, -0.25) is 29.7 Å². The number of likely N-dealkylation sites (tertiary alicyclic amines) is 1. The van der Waals surface area contributed by atoms with Crippen LogP contribution in [0.4, 0.5) is 10.9 Å². The molecule has 1 aliphatic carbocycles. The lowest BCUT2D eigenvalue weighted by Crippen LogP contribution is -2.39. The molecule has 0 bridgehead atoms. The summed E-state index contributed by atoms with van der Waals surface area (Å²) in [5.74, 6) is 0.466. The van der Waals surface area contributed by atoms with Crippen molar-refractivity contribution < 1.29 is 33.8 Å². The minimum atomic E-state index is -1.10. The SMILES string of the molecule is Cc1c(O[C@H]2CC[C@H](CCCN3CCC(Oc4cccc5c(C6CCC(=O)NC6=O)nn(C)c45)CC3)CC2)cccc1-c1ccc(N2CCc3cccc(C(=O)Nc4nc5ccccc5s4)c3C2)nc1C(=O)O. The number of aryl methyl sites for hydroxylation is 1. The summed E-state index contributed by atoms with van der Waals surface area (Å²) < 4.78 is 16.1. The molecule has 3 amide bonds. The van der Waals surface area contributed by atoms with Crippen LogP contribution in [0.3, 0.4) is 0 Å². The number of amides is 3. The predicted molar refractivity (Wildman–Crippen MR) is 282 cm³/mol. The molecule has 3 fully saturated rings. The molecule has 3 aliphatic heterocycles. The van der Waals surface area contributed by atoms with Gasteiger partial charge in [0.1, 0.15) is 28.9 Å². The van der Waals surface area contributed by atoms with Crippen LogP contribution in [-0.4, -0.2) is 91.8 Å². The highest BCUT2D eigenvalue weighted by Gasteiger charge is 2.33. The maximum absolute atomic E-state index is 13.7. The zero-order valence-corrected chi connectivity index (χ0v) is 42.1. The van der Waals surface area contributed by atoms with Gasteiger partial charge in [-0.25, -0.2) is 14.8 Å². The molecule has 4 aromatic carbocycles. The van der Waals surface area contributed by atoms with E-state index >= 15 is 0 Å². The number of carboxylic acids is 1. The Labute approximate surface area is 427 Å². The van der Waals surface area contributed by atoms with Crippen LogP contribution in [-0.2, 0) is 29.6 Å². The molecule has 11 rings (SSSR count). The Balaban J connectivity index is 0.658. The summed E-state index contributed by atoms with van der Waals surface area (Å²) in [6.45, 7) is 6.10. The molecule has 1 atom stereocenters. The molecular formula is C57H60N8O7S. The predicted octanol–water partition coefficient (Wildman–Crippen LogP) is 9.85. The first-order valence-corrected chi connectivity index (χ1v) is 26.6. The van der Waals surface area contributed by atoms with Gasteiger partial charge in [-0.15, -0.1) is 0 Å². The number of carboxylic acid groups (broad SMARTS) is 1. The Bertz CT molecular complexity index is 3210. The third-order valence-electron chi connectivity index (χ3n) is 15.4. The lowest BCUT2D eigenvalue weighted by Gasteiger charge is -2.33.